The summed E-state index contributed by atoms with van der Waals surface area (Å²) in [5.74, 6) is -0.155. The van der Waals surface area contributed by atoms with Crippen LogP contribution in [0, 0.1) is 16.0 Å². The van der Waals surface area contributed by atoms with E-state index >= 15 is 0 Å². The summed E-state index contributed by atoms with van der Waals surface area (Å²) in [6, 6.07) is 5.51. The lowest BCUT2D eigenvalue weighted by molar-refractivity contribution is -0.384. The minimum absolute atomic E-state index is 0.0428. The minimum atomic E-state index is -0.504. The Labute approximate surface area is 110 Å². The van der Waals surface area contributed by atoms with Crippen LogP contribution in [-0.4, -0.2) is 34.6 Å². The molecule has 19 heavy (non-hydrogen) atoms. The number of carbonyl (C=O) groups excluding carboxylic acids is 2. The van der Waals surface area contributed by atoms with Crippen LogP contribution in [0.15, 0.2) is 24.3 Å². The predicted octanol–water partition coefficient (Wildman–Crippen LogP) is 1.65. The Bertz CT molecular complexity index is 524. The summed E-state index contributed by atoms with van der Waals surface area (Å²) in [5.41, 5.74) is 0.367. The Hall–Kier alpha value is -2.24. The molecule has 1 atom stereocenters. The number of Topliss-reactive ketones (excluding diaryl/α,β-unsaturated/α-hetero) is 1. The van der Waals surface area contributed by atoms with Gasteiger partial charge in [0.05, 0.1) is 4.92 Å². The van der Waals surface area contributed by atoms with Gasteiger partial charge in [-0.1, -0.05) is 6.92 Å². The van der Waals surface area contributed by atoms with Gasteiger partial charge in [-0.2, -0.15) is 0 Å². The van der Waals surface area contributed by atoms with Crippen molar-refractivity contribution in [1.29, 1.82) is 0 Å². The molecule has 1 unspecified atom stereocenters. The van der Waals surface area contributed by atoms with Crippen molar-refractivity contribution in [1.82, 2.24) is 4.90 Å². The predicted molar refractivity (Wildman–Crippen MR) is 67.8 cm³/mol. The number of nitrogens with zero attached hydrogens (tertiary/aromatic N) is 2. The molecule has 0 bridgehead atoms. The quantitative estimate of drug-likeness (QED) is 0.599. The van der Waals surface area contributed by atoms with Crippen LogP contribution in [0.3, 0.4) is 0 Å². The molecule has 0 saturated carbocycles. The van der Waals surface area contributed by atoms with Gasteiger partial charge in [0.25, 0.3) is 11.6 Å². The maximum Gasteiger partial charge on any atom is 0.269 e. The van der Waals surface area contributed by atoms with Gasteiger partial charge in [0, 0.05) is 43.1 Å². The van der Waals surface area contributed by atoms with E-state index in [0.29, 0.717) is 25.1 Å². The summed E-state index contributed by atoms with van der Waals surface area (Å²) < 4.78 is 0. The molecular formula is C13H14N2O4. The van der Waals surface area contributed by atoms with Crippen molar-refractivity contribution in [3.8, 4) is 0 Å². The molecule has 2 rings (SSSR count). The van der Waals surface area contributed by atoms with Crippen LogP contribution >= 0.6 is 0 Å². The van der Waals surface area contributed by atoms with Gasteiger partial charge in [0.1, 0.15) is 5.78 Å². The molecule has 6 nitrogen and oxygen atoms in total. The first-order chi connectivity index (χ1) is 8.99. The highest BCUT2D eigenvalue weighted by Gasteiger charge is 2.27. The van der Waals surface area contributed by atoms with Crippen LogP contribution < -0.4 is 0 Å². The molecule has 6 heteroatoms. The zero-order valence-corrected chi connectivity index (χ0v) is 10.5. The Balaban J connectivity index is 2.11. The van der Waals surface area contributed by atoms with Crippen molar-refractivity contribution < 1.29 is 14.5 Å². The molecule has 1 aliphatic heterocycles. The van der Waals surface area contributed by atoms with Crippen LogP contribution in [0.4, 0.5) is 5.69 Å². The van der Waals surface area contributed by atoms with E-state index in [1.807, 2.05) is 0 Å². The van der Waals surface area contributed by atoms with Gasteiger partial charge in [0.15, 0.2) is 0 Å². The van der Waals surface area contributed by atoms with Crippen molar-refractivity contribution in [2.75, 3.05) is 13.1 Å². The maximum absolute atomic E-state index is 12.2. The molecule has 1 aromatic rings. The molecule has 1 fully saturated rings. The average Bonchev–Trinajstić information content (AvgIpc) is 2.41. The van der Waals surface area contributed by atoms with Gasteiger partial charge in [0.2, 0.25) is 0 Å². The molecule has 0 aliphatic carbocycles. The molecule has 1 aromatic carbocycles. The van der Waals surface area contributed by atoms with Gasteiger partial charge >= 0.3 is 0 Å². The number of hydrogen-bond donors (Lipinski definition) is 0. The number of hydrogen-bond acceptors (Lipinski definition) is 4. The zero-order valence-electron chi connectivity index (χ0n) is 10.5. The van der Waals surface area contributed by atoms with Gasteiger partial charge in [-0.3, -0.25) is 19.7 Å². The highest BCUT2D eigenvalue weighted by atomic mass is 16.6. The molecule has 0 aromatic heterocycles. The lowest BCUT2D eigenvalue weighted by Gasteiger charge is -2.30. The fourth-order valence-electron chi connectivity index (χ4n) is 2.11. The molecule has 0 spiro atoms. The number of nitro benzene ring substituents is 1. The second-order valence-electron chi connectivity index (χ2n) is 4.67. The van der Waals surface area contributed by atoms with Crippen LogP contribution in [0.1, 0.15) is 23.7 Å². The maximum atomic E-state index is 12.2. The monoisotopic (exact) mass is 262 g/mol. The largest absolute Gasteiger partial charge is 0.337 e. The van der Waals surface area contributed by atoms with Crippen LogP contribution in [0.2, 0.25) is 0 Å². The second-order valence-corrected chi connectivity index (χ2v) is 4.67. The zero-order chi connectivity index (χ0) is 14.0. The summed E-state index contributed by atoms with van der Waals surface area (Å²) in [4.78, 5) is 35.2. The number of amides is 1. The summed E-state index contributed by atoms with van der Waals surface area (Å²) in [7, 11) is 0. The first kappa shape index (κ1) is 13.2. The van der Waals surface area contributed by atoms with Crippen molar-refractivity contribution >= 4 is 17.4 Å². The third kappa shape index (κ3) is 2.78. The fourth-order valence-corrected chi connectivity index (χ4v) is 2.11. The fraction of sp³-hybridized carbons (Fsp3) is 0.385. The van der Waals surface area contributed by atoms with Crippen LogP contribution in [0.25, 0.3) is 0 Å². The summed E-state index contributed by atoms with van der Waals surface area (Å²) in [5, 5.41) is 10.5. The average molecular weight is 262 g/mol. The number of rotatable bonds is 2. The number of carbonyl (C=O) groups is 2. The Morgan fingerprint density at radius 2 is 2.00 bits per heavy atom. The van der Waals surface area contributed by atoms with E-state index in [1.165, 1.54) is 24.3 Å². The standard InChI is InChI=1S/C13H14N2O4/c1-9-8-14(7-6-12(9)16)13(17)10-2-4-11(5-3-10)15(18)19/h2-5,9H,6-8H2,1H3. The van der Waals surface area contributed by atoms with Crippen molar-refractivity contribution in [2.24, 2.45) is 5.92 Å². The molecule has 1 saturated heterocycles. The first-order valence-corrected chi connectivity index (χ1v) is 6.05. The Morgan fingerprint density at radius 3 is 2.53 bits per heavy atom. The van der Waals surface area contributed by atoms with Crippen molar-refractivity contribution in [3.63, 3.8) is 0 Å². The van der Waals surface area contributed by atoms with Gasteiger partial charge in [-0.05, 0) is 12.1 Å². The van der Waals surface area contributed by atoms with E-state index in [0.717, 1.165) is 0 Å². The highest BCUT2D eigenvalue weighted by Crippen LogP contribution is 2.17. The van der Waals surface area contributed by atoms with Gasteiger partial charge < -0.3 is 4.90 Å². The van der Waals surface area contributed by atoms with Gasteiger partial charge in [-0.15, -0.1) is 0 Å². The highest BCUT2D eigenvalue weighted by molar-refractivity contribution is 5.95. The SMILES string of the molecule is CC1CN(C(=O)c2ccc([N+](=O)[O-])cc2)CCC1=O. The van der Waals surface area contributed by atoms with Gasteiger partial charge in [-0.25, -0.2) is 0 Å². The molecule has 1 heterocycles. The van der Waals surface area contributed by atoms with Crippen molar-refractivity contribution in [2.45, 2.75) is 13.3 Å². The Kier molecular flexibility index (Phi) is 3.59. The molecule has 0 N–H and O–H groups in total. The number of likely N-dealkylation sites (tertiary alicyclic amines) is 1. The second kappa shape index (κ2) is 5.17. The summed E-state index contributed by atoms with van der Waals surface area (Å²) >= 11 is 0. The van der Waals surface area contributed by atoms with E-state index in [4.69, 9.17) is 0 Å². The van der Waals surface area contributed by atoms with Crippen molar-refractivity contribution in [3.05, 3.63) is 39.9 Å². The summed E-state index contributed by atoms with van der Waals surface area (Å²) in [6.07, 6.45) is 0.375. The normalized spacial score (nSPS) is 19.3. The summed E-state index contributed by atoms with van der Waals surface area (Å²) in [6.45, 7) is 2.63. The number of ketones is 1. The number of non-ortho nitro benzene ring substituents is 1. The molecule has 0 radical (unpaired) electrons. The van der Waals surface area contributed by atoms with Crippen LogP contribution in [0.5, 0.6) is 0 Å². The van der Waals surface area contributed by atoms with E-state index in [9.17, 15) is 19.7 Å². The number of piperidine rings is 1. The smallest absolute Gasteiger partial charge is 0.269 e. The van der Waals surface area contributed by atoms with Crippen LogP contribution in [-0.2, 0) is 4.79 Å². The van der Waals surface area contributed by atoms with E-state index < -0.39 is 4.92 Å². The molecule has 1 amide bonds. The molecule has 100 valence electrons. The third-order valence-corrected chi connectivity index (χ3v) is 3.28. The lowest BCUT2D eigenvalue weighted by atomic mass is 9.98. The molecule has 1 aliphatic rings. The first-order valence-electron chi connectivity index (χ1n) is 6.05. The number of nitro groups is 1. The topological polar surface area (TPSA) is 80.5 Å². The Morgan fingerprint density at radius 1 is 1.37 bits per heavy atom. The minimum Gasteiger partial charge on any atom is -0.337 e. The lowest BCUT2D eigenvalue weighted by Crippen LogP contribution is -2.43. The number of benzene rings is 1. The van der Waals surface area contributed by atoms with E-state index in [2.05, 4.69) is 0 Å². The molecular weight excluding hydrogens is 248 g/mol. The van der Waals surface area contributed by atoms with E-state index in [-0.39, 0.29) is 23.3 Å². The van der Waals surface area contributed by atoms with E-state index in [1.54, 1.807) is 11.8 Å². The third-order valence-electron chi connectivity index (χ3n) is 3.28.